The first-order chi connectivity index (χ1) is 7.84. The Labute approximate surface area is 94.7 Å². The lowest BCUT2D eigenvalue weighted by atomic mass is 9.84. The minimum atomic E-state index is 0.0701. The van der Waals surface area contributed by atoms with Gasteiger partial charge in [0.2, 0.25) is 0 Å². The summed E-state index contributed by atoms with van der Waals surface area (Å²) in [6.07, 6.45) is 6.58. The Morgan fingerprint density at radius 1 is 1.38 bits per heavy atom. The molecule has 16 heavy (non-hydrogen) atoms. The molecule has 3 rings (SSSR count). The average Bonchev–Trinajstić information content (AvgIpc) is 2.96. The Morgan fingerprint density at radius 3 is 2.88 bits per heavy atom. The van der Waals surface area contributed by atoms with Gasteiger partial charge in [-0.2, -0.15) is 0 Å². The van der Waals surface area contributed by atoms with Gasteiger partial charge in [0.1, 0.15) is 11.3 Å². The minimum Gasteiger partial charge on any atom is -0.459 e. The van der Waals surface area contributed by atoms with E-state index in [4.69, 9.17) is 10.2 Å². The van der Waals surface area contributed by atoms with Crippen molar-refractivity contribution in [2.45, 2.75) is 31.1 Å². The predicted octanol–water partition coefficient (Wildman–Crippen LogP) is 2.60. The van der Waals surface area contributed by atoms with Crippen LogP contribution in [0.1, 0.15) is 31.4 Å². The molecule has 2 aromatic heterocycles. The lowest BCUT2D eigenvalue weighted by Gasteiger charge is -2.23. The van der Waals surface area contributed by atoms with E-state index in [0.29, 0.717) is 6.54 Å². The van der Waals surface area contributed by atoms with Crippen LogP contribution in [0.2, 0.25) is 0 Å². The van der Waals surface area contributed by atoms with Crippen molar-refractivity contribution in [2.24, 2.45) is 5.73 Å². The fraction of sp³-hybridized carbons (Fsp3) is 0.462. The van der Waals surface area contributed by atoms with Crippen molar-refractivity contribution in [3.05, 3.63) is 30.2 Å². The number of nitrogens with two attached hydrogens (primary N) is 1. The lowest BCUT2D eigenvalue weighted by molar-refractivity contribution is 0.359. The molecule has 3 nitrogen and oxygen atoms in total. The summed E-state index contributed by atoms with van der Waals surface area (Å²) in [5.74, 6) is 1.03. The van der Waals surface area contributed by atoms with Crippen LogP contribution >= 0.6 is 0 Å². The Balaban J connectivity index is 2.10. The van der Waals surface area contributed by atoms with E-state index >= 15 is 0 Å². The number of furan rings is 1. The minimum absolute atomic E-state index is 0.0701. The number of hydrogen-bond acceptors (Lipinski definition) is 3. The molecule has 0 unspecified atom stereocenters. The maximum absolute atomic E-state index is 5.94. The zero-order chi connectivity index (χ0) is 11.0. The van der Waals surface area contributed by atoms with Crippen LogP contribution in [0.5, 0.6) is 0 Å². The van der Waals surface area contributed by atoms with Crippen molar-refractivity contribution >= 4 is 11.1 Å². The van der Waals surface area contributed by atoms with Crippen LogP contribution in [0.25, 0.3) is 11.1 Å². The van der Waals surface area contributed by atoms with Gasteiger partial charge in [-0.15, -0.1) is 0 Å². The molecule has 1 aliphatic carbocycles. The predicted molar refractivity (Wildman–Crippen MR) is 63.2 cm³/mol. The molecule has 2 heterocycles. The molecule has 84 valence electrons. The monoisotopic (exact) mass is 216 g/mol. The molecule has 0 aromatic carbocycles. The van der Waals surface area contributed by atoms with Crippen molar-refractivity contribution in [1.29, 1.82) is 0 Å². The van der Waals surface area contributed by atoms with Crippen LogP contribution in [-0.2, 0) is 5.41 Å². The van der Waals surface area contributed by atoms with E-state index < -0.39 is 0 Å². The Bertz CT molecular complexity index is 464. The largest absolute Gasteiger partial charge is 0.459 e. The van der Waals surface area contributed by atoms with Gasteiger partial charge >= 0.3 is 0 Å². The quantitative estimate of drug-likeness (QED) is 0.839. The van der Waals surface area contributed by atoms with Crippen molar-refractivity contribution in [2.75, 3.05) is 6.54 Å². The van der Waals surface area contributed by atoms with E-state index in [-0.39, 0.29) is 5.41 Å². The van der Waals surface area contributed by atoms with E-state index in [9.17, 15) is 0 Å². The molecule has 2 N–H and O–H groups in total. The van der Waals surface area contributed by atoms with E-state index in [1.807, 2.05) is 12.1 Å². The van der Waals surface area contributed by atoms with Gasteiger partial charge in [0.05, 0.1) is 0 Å². The standard InChI is InChI=1S/C13H16N2O/c14-9-13(5-1-2-6-13)12-8-10-11(16-12)4-3-7-15-10/h3-4,7-8H,1-2,5-6,9,14H2. The van der Waals surface area contributed by atoms with Crippen molar-refractivity contribution in [3.63, 3.8) is 0 Å². The maximum atomic E-state index is 5.94. The number of rotatable bonds is 2. The number of fused-ring (bicyclic) bond motifs is 1. The van der Waals surface area contributed by atoms with Crippen LogP contribution in [-0.4, -0.2) is 11.5 Å². The van der Waals surface area contributed by atoms with E-state index in [1.54, 1.807) is 6.20 Å². The Kier molecular flexibility index (Phi) is 2.21. The molecule has 1 aliphatic rings. The topological polar surface area (TPSA) is 52.0 Å². The Hall–Kier alpha value is -1.35. The molecule has 0 amide bonds. The molecule has 0 bridgehead atoms. The molecule has 0 aliphatic heterocycles. The first kappa shape index (κ1) is 9.85. The molecule has 0 spiro atoms. The summed E-state index contributed by atoms with van der Waals surface area (Å²) < 4.78 is 5.90. The summed E-state index contributed by atoms with van der Waals surface area (Å²) in [7, 11) is 0. The lowest BCUT2D eigenvalue weighted by Crippen LogP contribution is -2.31. The SMILES string of the molecule is NCC1(c2cc3ncccc3o2)CCCC1. The van der Waals surface area contributed by atoms with Gasteiger partial charge in [-0.1, -0.05) is 12.8 Å². The zero-order valence-electron chi connectivity index (χ0n) is 9.28. The van der Waals surface area contributed by atoms with Crippen molar-refractivity contribution < 1.29 is 4.42 Å². The molecular weight excluding hydrogens is 200 g/mol. The molecule has 3 heteroatoms. The summed E-state index contributed by atoms with van der Waals surface area (Å²) in [6.45, 7) is 0.673. The van der Waals surface area contributed by atoms with Gasteiger partial charge in [-0.3, -0.25) is 4.98 Å². The molecule has 1 fully saturated rings. The van der Waals surface area contributed by atoms with Gasteiger partial charge in [-0.25, -0.2) is 0 Å². The fourth-order valence-corrected chi connectivity index (χ4v) is 2.73. The summed E-state index contributed by atoms with van der Waals surface area (Å²) in [6, 6.07) is 5.93. The van der Waals surface area contributed by atoms with Crippen molar-refractivity contribution in [3.8, 4) is 0 Å². The molecule has 0 saturated heterocycles. The summed E-state index contributed by atoms with van der Waals surface area (Å²) >= 11 is 0. The van der Waals surface area contributed by atoms with Crippen LogP contribution in [0.3, 0.4) is 0 Å². The average molecular weight is 216 g/mol. The third-order valence-corrected chi connectivity index (χ3v) is 3.76. The second kappa shape index (κ2) is 3.59. The van der Waals surface area contributed by atoms with Crippen LogP contribution < -0.4 is 5.73 Å². The summed E-state index contributed by atoms with van der Waals surface area (Å²) in [4.78, 5) is 4.30. The molecular formula is C13H16N2O. The number of nitrogens with zero attached hydrogens (tertiary/aromatic N) is 1. The van der Waals surface area contributed by atoms with Gasteiger partial charge in [0, 0.05) is 24.2 Å². The number of aromatic nitrogens is 1. The second-order valence-corrected chi connectivity index (χ2v) is 4.69. The van der Waals surface area contributed by atoms with E-state index in [2.05, 4.69) is 11.1 Å². The van der Waals surface area contributed by atoms with Crippen LogP contribution in [0.4, 0.5) is 0 Å². The first-order valence-corrected chi connectivity index (χ1v) is 5.89. The van der Waals surface area contributed by atoms with Crippen LogP contribution in [0, 0.1) is 0 Å². The molecule has 0 atom stereocenters. The van der Waals surface area contributed by atoms with Gasteiger partial charge < -0.3 is 10.2 Å². The zero-order valence-corrected chi connectivity index (χ0v) is 9.28. The molecule has 2 aromatic rings. The maximum Gasteiger partial charge on any atom is 0.152 e. The van der Waals surface area contributed by atoms with Gasteiger partial charge in [0.15, 0.2) is 5.58 Å². The van der Waals surface area contributed by atoms with Gasteiger partial charge in [-0.05, 0) is 25.0 Å². The van der Waals surface area contributed by atoms with E-state index in [0.717, 1.165) is 29.7 Å². The highest BCUT2D eigenvalue weighted by Gasteiger charge is 2.37. The van der Waals surface area contributed by atoms with Gasteiger partial charge in [0.25, 0.3) is 0 Å². The molecule has 1 saturated carbocycles. The number of hydrogen-bond donors (Lipinski definition) is 1. The summed E-state index contributed by atoms with van der Waals surface area (Å²) in [5.41, 5.74) is 7.83. The van der Waals surface area contributed by atoms with E-state index in [1.165, 1.54) is 12.8 Å². The third-order valence-electron chi connectivity index (χ3n) is 3.76. The molecule has 0 radical (unpaired) electrons. The second-order valence-electron chi connectivity index (χ2n) is 4.69. The normalized spacial score (nSPS) is 19.3. The fourth-order valence-electron chi connectivity index (χ4n) is 2.73. The number of pyridine rings is 1. The summed E-state index contributed by atoms with van der Waals surface area (Å²) in [5, 5.41) is 0. The highest BCUT2D eigenvalue weighted by molar-refractivity contribution is 5.73. The van der Waals surface area contributed by atoms with Crippen molar-refractivity contribution in [1.82, 2.24) is 4.98 Å². The van der Waals surface area contributed by atoms with Crippen LogP contribution in [0.15, 0.2) is 28.8 Å². The highest BCUT2D eigenvalue weighted by Crippen LogP contribution is 2.41. The third kappa shape index (κ3) is 1.35. The first-order valence-electron chi connectivity index (χ1n) is 5.89. The smallest absolute Gasteiger partial charge is 0.152 e. The highest BCUT2D eigenvalue weighted by atomic mass is 16.3. The Morgan fingerprint density at radius 2 is 2.19 bits per heavy atom.